The third-order valence-corrected chi connectivity index (χ3v) is 6.16. The largest absolute Gasteiger partial charge is 0.398 e. The highest BCUT2D eigenvalue weighted by Gasteiger charge is 2.31. The fourth-order valence-electron chi connectivity index (χ4n) is 1.89. The van der Waals surface area contributed by atoms with E-state index in [1.165, 1.54) is 17.4 Å². The molecule has 0 radical (unpaired) electrons. The van der Waals surface area contributed by atoms with Crippen LogP contribution in [-0.4, -0.2) is 37.3 Å². The molecule has 1 unspecified atom stereocenters. The number of nitrogens with two attached hydrogens (primary N) is 1. The van der Waals surface area contributed by atoms with Crippen molar-refractivity contribution in [3.63, 3.8) is 0 Å². The lowest BCUT2D eigenvalue weighted by molar-refractivity contribution is 0.394. The van der Waals surface area contributed by atoms with E-state index in [0.29, 0.717) is 0 Å². The molecule has 0 amide bonds. The highest BCUT2D eigenvalue weighted by Crippen LogP contribution is 2.28. The quantitative estimate of drug-likeness (QED) is 0.858. The molecule has 2 N–H and O–H groups in total. The lowest BCUT2D eigenvalue weighted by atomic mass is 10.3. The van der Waals surface area contributed by atoms with Crippen molar-refractivity contribution >= 4 is 27.5 Å². The number of sulfonamides is 1. The molecule has 1 heterocycles. The zero-order valence-electron chi connectivity index (χ0n) is 9.97. The Morgan fingerprint density at radius 3 is 2.83 bits per heavy atom. The zero-order chi connectivity index (χ0) is 13.3. The van der Waals surface area contributed by atoms with Crippen molar-refractivity contribution in [3.8, 4) is 0 Å². The van der Waals surface area contributed by atoms with Gasteiger partial charge >= 0.3 is 0 Å². The molecule has 0 bridgehead atoms. The van der Waals surface area contributed by atoms with Gasteiger partial charge in [-0.2, -0.15) is 16.1 Å². The van der Waals surface area contributed by atoms with Crippen molar-refractivity contribution in [3.05, 3.63) is 24.0 Å². The molecule has 1 atom stereocenters. The van der Waals surface area contributed by atoms with Gasteiger partial charge in [0.1, 0.15) is 10.7 Å². The molecular weight excluding hydrogens is 275 g/mol. The van der Waals surface area contributed by atoms with Crippen LogP contribution in [0.4, 0.5) is 10.1 Å². The zero-order valence-corrected chi connectivity index (χ0v) is 11.6. The first kappa shape index (κ1) is 13.6. The van der Waals surface area contributed by atoms with E-state index in [4.69, 9.17) is 5.73 Å². The number of nitrogens with zero attached hydrogens (tertiary/aromatic N) is 1. The lowest BCUT2D eigenvalue weighted by Gasteiger charge is -2.23. The number of thioether (sulfide) groups is 1. The molecule has 1 fully saturated rings. The third-order valence-electron chi connectivity index (χ3n) is 3.05. The van der Waals surface area contributed by atoms with Gasteiger partial charge in [0.15, 0.2) is 0 Å². The van der Waals surface area contributed by atoms with Crippen LogP contribution in [0.2, 0.25) is 0 Å². The second-order valence-corrected chi connectivity index (χ2v) is 7.34. The van der Waals surface area contributed by atoms with Crippen LogP contribution in [-0.2, 0) is 10.0 Å². The van der Waals surface area contributed by atoms with Crippen LogP contribution in [0.25, 0.3) is 0 Å². The Labute approximate surface area is 110 Å². The molecule has 7 heteroatoms. The summed E-state index contributed by atoms with van der Waals surface area (Å²) in [6.45, 7) is 0. The summed E-state index contributed by atoms with van der Waals surface area (Å²) in [4.78, 5) is -0.151. The summed E-state index contributed by atoms with van der Waals surface area (Å²) in [6.07, 6.45) is 0.815. The van der Waals surface area contributed by atoms with Crippen LogP contribution >= 0.6 is 11.8 Å². The summed E-state index contributed by atoms with van der Waals surface area (Å²) in [7, 11) is -2.20. The standard InChI is InChI=1S/C11H15FN2O2S2/c1-14(9-4-5-17-7-9)18(15,16)11-6-8(12)2-3-10(11)13/h2-3,6,9H,4-5,7,13H2,1H3. The molecule has 2 rings (SSSR count). The van der Waals surface area contributed by atoms with E-state index in [1.54, 1.807) is 11.8 Å². The topological polar surface area (TPSA) is 63.4 Å². The van der Waals surface area contributed by atoms with E-state index >= 15 is 0 Å². The maximum Gasteiger partial charge on any atom is 0.245 e. The molecule has 100 valence electrons. The summed E-state index contributed by atoms with van der Waals surface area (Å²) in [6, 6.07) is 3.37. The summed E-state index contributed by atoms with van der Waals surface area (Å²) < 4.78 is 39.2. The first-order valence-electron chi connectivity index (χ1n) is 5.53. The number of hydrogen-bond acceptors (Lipinski definition) is 4. The number of hydrogen-bond donors (Lipinski definition) is 1. The molecule has 4 nitrogen and oxygen atoms in total. The smallest absolute Gasteiger partial charge is 0.245 e. The summed E-state index contributed by atoms with van der Waals surface area (Å²) in [5, 5.41) is 0. The fraction of sp³-hybridized carbons (Fsp3) is 0.455. The van der Waals surface area contributed by atoms with Gasteiger partial charge < -0.3 is 5.73 Å². The first-order chi connectivity index (χ1) is 8.43. The van der Waals surface area contributed by atoms with Crippen LogP contribution in [0.3, 0.4) is 0 Å². The van der Waals surface area contributed by atoms with Crippen LogP contribution in [0.1, 0.15) is 6.42 Å². The van der Waals surface area contributed by atoms with Gasteiger partial charge in [-0.15, -0.1) is 0 Å². The Bertz CT molecular complexity index is 542. The highest BCUT2D eigenvalue weighted by atomic mass is 32.2. The van der Waals surface area contributed by atoms with E-state index in [2.05, 4.69) is 0 Å². The van der Waals surface area contributed by atoms with Gasteiger partial charge in [0.25, 0.3) is 0 Å². The van der Waals surface area contributed by atoms with Crippen molar-refractivity contribution in [2.45, 2.75) is 17.4 Å². The SMILES string of the molecule is CN(C1CCSC1)S(=O)(=O)c1cc(F)ccc1N. The Balaban J connectivity index is 2.37. The average molecular weight is 290 g/mol. The van der Waals surface area contributed by atoms with E-state index in [0.717, 1.165) is 30.1 Å². The molecule has 1 saturated heterocycles. The van der Waals surface area contributed by atoms with Crippen LogP contribution in [0.5, 0.6) is 0 Å². The van der Waals surface area contributed by atoms with Crippen LogP contribution < -0.4 is 5.73 Å². The summed E-state index contributed by atoms with van der Waals surface area (Å²) in [5.41, 5.74) is 5.71. The van der Waals surface area contributed by atoms with E-state index in [-0.39, 0.29) is 16.6 Å². The number of nitrogen functional groups attached to an aromatic ring is 1. The summed E-state index contributed by atoms with van der Waals surface area (Å²) in [5.74, 6) is 1.12. The monoisotopic (exact) mass is 290 g/mol. The minimum Gasteiger partial charge on any atom is -0.398 e. The maximum absolute atomic E-state index is 13.2. The van der Waals surface area contributed by atoms with Crippen LogP contribution in [0, 0.1) is 5.82 Å². The molecule has 1 aliphatic rings. The fourth-order valence-corrected chi connectivity index (χ4v) is 4.76. The van der Waals surface area contributed by atoms with Crippen molar-refractivity contribution < 1.29 is 12.8 Å². The average Bonchev–Trinajstić information content (AvgIpc) is 2.84. The van der Waals surface area contributed by atoms with Gasteiger partial charge in [0, 0.05) is 18.8 Å². The predicted octanol–water partition coefficient (Wildman–Crippen LogP) is 1.53. The van der Waals surface area contributed by atoms with Crippen molar-refractivity contribution in [1.29, 1.82) is 0 Å². The van der Waals surface area contributed by atoms with E-state index in [1.807, 2.05) is 0 Å². The Hall–Kier alpha value is -0.790. The number of anilines is 1. The molecule has 0 aliphatic carbocycles. The first-order valence-corrected chi connectivity index (χ1v) is 8.13. The van der Waals surface area contributed by atoms with E-state index < -0.39 is 15.8 Å². The Morgan fingerprint density at radius 2 is 2.22 bits per heavy atom. The van der Waals surface area contributed by atoms with Gasteiger partial charge in [-0.3, -0.25) is 0 Å². The number of rotatable bonds is 3. The molecule has 1 aromatic carbocycles. The van der Waals surface area contributed by atoms with Crippen molar-refractivity contribution in [2.75, 3.05) is 24.3 Å². The number of halogens is 1. The normalized spacial score (nSPS) is 20.5. The van der Waals surface area contributed by atoms with Gasteiger partial charge in [0.2, 0.25) is 10.0 Å². The predicted molar refractivity (Wildman–Crippen MR) is 71.5 cm³/mol. The Morgan fingerprint density at radius 1 is 1.50 bits per heavy atom. The van der Waals surface area contributed by atoms with E-state index in [9.17, 15) is 12.8 Å². The maximum atomic E-state index is 13.2. The molecule has 18 heavy (non-hydrogen) atoms. The number of benzene rings is 1. The van der Waals surface area contributed by atoms with Gasteiger partial charge in [-0.05, 0) is 30.4 Å². The molecule has 1 aromatic rings. The Kier molecular flexibility index (Phi) is 3.84. The van der Waals surface area contributed by atoms with Crippen molar-refractivity contribution in [1.82, 2.24) is 4.31 Å². The molecule has 0 aromatic heterocycles. The minimum atomic E-state index is -3.72. The molecule has 0 saturated carbocycles. The second kappa shape index (κ2) is 5.07. The molecular formula is C11H15FN2O2S2. The van der Waals surface area contributed by atoms with Crippen LogP contribution in [0.15, 0.2) is 23.1 Å². The highest BCUT2D eigenvalue weighted by molar-refractivity contribution is 7.99. The molecule has 0 spiro atoms. The van der Waals surface area contributed by atoms with Gasteiger partial charge in [-0.1, -0.05) is 0 Å². The summed E-state index contributed by atoms with van der Waals surface area (Å²) >= 11 is 1.72. The lowest BCUT2D eigenvalue weighted by Crippen LogP contribution is -2.37. The second-order valence-electron chi connectivity index (χ2n) is 4.22. The van der Waals surface area contributed by atoms with Gasteiger partial charge in [-0.25, -0.2) is 12.8 Å². The minimum absolute atomic E-state index is 0.0392. The van der Waals surface area contributed by atoms with Crippen molar-refractivity contribution in [2.24, 2.45) is 0 Å². The van der Waals surface area contributed by atoms with Gasteiger partial charge in [0.05, 0.1) is 5.69 Å². The molecule has 1 aliphatic heterocycles. The third kappa shape index (κ3) is 2.48.